The summed E-state index contributed by atoms with van der Waals surface area (Å²) in [6.45, 7) is 7.45. The summed E-state index contributed by atoms with van der Waals surface area (Å²) in [4.78, 5) is 14.1. The highest BCUT2D eigenvalue weighted by molar-refractivity contribution is 5.67. The van der Waals surface area contributed by atoms with E-state index in [1.54, 1.807) is 0 Å². The van der Waals surface area contributed by atoms with E-state index < -0.39 is 0 Å². The van der Waals surface area contributed by atoms with Crippen LogP contribution in [0.4, 0.5) is 4.79 Å². The Morgan fingerprint density at radius 1 is 0.783 bits per heavy atom. The van der Waals surface area contributed by atoms with Crippen LogP contribution in [0.3, 0.4) is 0 Å². The van der Waals surface area contributed by atoms with Crippen molar-refractivity contribution in [1.82, 2.24) is 4.90 Å². The third-order valence-electron chi connectivity index (χ3n) is 4.60. The van der Waals surface area contributed by atoms with Gasteiger partial charge >= 0.3 is 6.09 Å². The van der Waals surface area contributed by atoms with Crippen LogP contribution in [-0.2, 0) is 4.74 Å². The first-order valence-corrected chi connectivity index (χ1v) is 10.1. The first kappa shape index (κ1) is 22.3. The summed E-state index contributed by atoms with van der Waals surface area (Å²) in [5.74, 6) is 0. The lowest BCUT2D eigenvalue weighted by Crippen LogP contribution is -2.41. The fourth-order valence-electron chi connectivity index (χ4n) is 3.20. The van der Waals surface area contributed by atoms with Crippen LogP contribution in [0, 0.1) is 0 Å². The van der Waals surface area contributed by atoms with Gasteiger partial charge in [-0.05, 0) is 19.3 Å². The molecule has 0 fully saturated rings. The molecule has 23 heavy (non-hydrogen) atoms. The lowest BCUT2D eigenvalue weighted by Gasteiger charge is -2.30. The summed E-state index contributed by atoms with van der Waals surface area (Å²) in [6, 6.07) is 0.366. The summed E-state index contributed by atoms with van der Waals surface area (Å²) in [7, 11) is 1.50. The number of hydrogen-bond donors (Lipinski definition) is 0. The van der Waals surface area contributed by atoms with E-state index in [2.05, 4.69) is 20.8 Å². The Hall–Kier alpha value is -0.730. The van der Waals surface area contributed by atoms with Gasteiger partial charge in [-0.15, -0.1) is 0 Å². The Morgan fingerprint density at radius 3 is 1.65 bits per heavy atom. The summed E-state index contributed by atoms with van der Waals surface area (Å²) in [6.07, 6.45) is 16.0. The number of amides is 1. The van der Waals surface area contributed by atoms with E-state index in [-0.39, 0.29) is 6.09 Å². The van der Waals surface area contributed by atoms with Crippen LogP contribution in [0.25, 0.3) is 0 Å². The maximum absolute atomic E-state index is 12.1. The van der Waals surface area contributed by atoms with Crippen LogP contribution in [-0.4, -0.2) is 30.7 Å². The Morgan fingerprint density at radius 2 is 1.26 bits per heavy atom. The zero-order valence-corrected chi connectivity index (χ0v) is 16.2. The molecular weight excluding hydrogens is 286 g/mol. The van der Waals surface area contributed by atoms with Crippen molar-refractivity contribution in [2.24, 2.45) is 0 Å². The van der Waals surface area contributed by atoms with Crippen molar-refractivity contribution in [2.45, 2.75) is 110 Å². The third-order valence-corrected chi connectivity index (χ3v) is 4.60. The number of nitrogens with zero attached hydrogens (tertiary/aromatic N) is 1. The molecule has 0 unspecified atom stereocenters. The van der Waals surface area contributed by atoms with Crippen molar-refractivity contribution in [3.63, 3.8) is 0 Å². The van der Waals surface area contributed by atoms with Crippen LogP contribution in [0.1, 0.15) is 104 Å². The van der Waals surface area contributed by atoms with Crippen LogP contribution in [0.15, 0.2) is 0 Å². The van der Waals surface area contributed by atoms with Gasteiger partial charge in [0.15, 0.2) is 0 Å². The first-order valence-electron chi connectivity index (χ1n) is 10.1. The molecule has 0 aliphatic carbocycles. The topological polar surface area (TPSA) is 29.5 Å². The second-order valence-corrected chi connectivity index (χ2v) is 6.72. The van der Waals surface area contributed by atoms with Crippen molar-refractivity contribution in [1.29, 1.82) is 0 Å². The minimum absolute atomic E-state index is 0.140. The average Bonchev–Trinajstić information content (AvgIpc) is 2.57. The van der Waals surface area contributed by atoms with E-state index in [4.69, 9.17) is 4.74 Å². The standard InChI is InChI=1S/C20H41NO2/c1-5-8-10-12-14-16-19(17-15-13-11-9-6-2)21(18-7-3)20(22)23-4/h19H,5-18H2,1-4H3. The predicted octanol–water partition coefficient (Wildman–Crippen LogP) is 6.55. The fourth-order valence-corrected chi connectivity index (χ4v) is 3.20. The number of hydrogen-bond acceptors (Lipinski definition) is 2. The lowest BCUT2D eigenvalue weighted by atomic mass is 9.99. The van der Waals surface area contributed by atoms with Crippen molar-refractivity contribution >= 4 is 6.09 Å². The molecule has 0 rings (SSSR count). The monoisotopic (exact) mass is 327 g/mol. The van der Waals surface area contributed by atoms with Gasteiger partial charge in [0.1, 0.15) is 0 Å². The number of carbonyl (C=O) groups is 1. The van der Waals surface area contributed by atoms with Gasteiger partial charge in [-0.25, -0.2) is 4.79 Å². The molecule has 0 aromatic carbocycles. The van der Waals surface area contributed by atoms with Gasteiger partial charge in [-0.3, -0.25) is 0 Å². The van der Waals surface area contributed by atoms with Crippen molar-refractivity contribution in [2.75, 3.05) is 13.7 Å². The zero-order valence-electron chi connectivity index (χ0n) is 16.2. The summed E-state index contributed by atoms with van der Waals surface area (Å²) >= 11 is 0. The molecule has 0 N–H and O–H groups in total. The SMILES string of the molecule is CCCCCCCC(CCCCCCC)N(CCC)C(=O)OC. The molecule has 0 aliphatic heterocycles. The van der Waals surface area contributed by atoms with Crippen LogP contribution in [0.2, 0.25) is 0 Å². The molecule has 0 saturated carbocycles. The smallest absolute Gasteiger partial charge is 0.409 e. The van der Waals surface area contributed by atoms with Gasteiger partial charge in [0.05, 0.1) is 7.11 Å². The highest BCUT2D eigenvalue weighted by Gasteiger charge is 2.22. The summed E-state index contributed by atoms with van der Waals surface area (Å²) in [5, 5.41) is 0. The Balaban J connectivity index is 4.39. The second kappa shape index (κ2) is 16.1. The molecule has 0 aromatic rings. The maximum atomic E-state index is 12.1. The van der Waals surface area contributed by atoms with E-state index in [1.165, 1.54) is 71.3 Å². The minimum atomic E-state index is -0.140. The van der Waals surface area contributed by atoms with E-state index >= 15 is 0 Å². The molecule has 0 saturated heterocycles. The van der Waals surface area contributed by atoms with Crippen molar-refractivity contribution in [3.05, 3.63) is 0 Å². The average molecular weight is 328 g/mol. The van der Waals surface area contributed by atoms with Crippen molar-refractivity contribution < 1.29 is 9.53 Å². The van der Waals surface area contributed by atoms with Gasteiger partial charge < -0.3 is 9.64 Å². The predicted molar refractivity (Wildman–Crippen MR) is 99.9 cm³/mol. The van der Waals surface area contributed by atoms with E-state index in [1.807, 2.05) is 4.90 Å². The number of unbranched alkanes of at least 4 members (excludes halogenated alkanes) is 8. The van der Waals surface area contributed by atoms with Crippen molar-refractivity contribution in [3.8, 4) is 0 Å². The van der Waals surface area contributed by atoms with Gasteiger partial charge in [0.2, 0.25) is 0 Å². The number of methoxy groups -OCH3 is 1. The Labute approximate surface area is 145 Å². The van der Waals surface area contributed by atoms with E-state index in [0.29, 0.717) is 6.04 Å². The second-order valence-electron chi connectivity index (χ2n) is 6.72. The highest BCUT2D eigenvalue weighted by atomic mass is 16.5. The molecule has 0 spiro atoms. The maximum Gasteiger partial charge on any atom is 0.409 e. The summed E-state index contributed by atoms with van der Waals surface area (Å²) < 4.78 is 5.02. The zero-order chi connectivity index (χ0) is 17.3. The molecule has 0 heterocycles. The van der Waals surface area contributed by atoms with Gasteiger partial charge in [-0.1, -0.05) is 85.0 Å². The largest absolute Gasteiger partial charge is 0.453 e. The van der Waals surface area contributed by atoms with E-state index in [0.717, 1.165) is 25.8 Å². The molecule has 0 atom stereocenters. The Kier molecular flexibility index (Phi) is 15.6. The summed E-state index contributed by atoms with van der Waals surface area (Å²) in [5.41, 5.74) is 0. The molecule has 3 nitrogen and oxygen atoms in total. The normalized spacial score (nSPS) is 11.0. The van der Waals surface area contributed by atoms with Gasteiger partial charge in [0, 0.05) is 12.6 Å². The Bertz CT molecular complexity index is 254. The van der Waals surface area contributed by atoms with Crippen LogP contribution >= 0.6 is 0 Å². The number of carbonyl (C=O) groups excluding carboxylic acids is 1. The quantitative estimate of drug-likeness (QED) is 0.319. The van der Waals surface area contributed by atoms with Gasteiger partial charge in [0.25, 0.3) is 0 Å². The molecule has 3 heteroatoms. The molecule has 0 radical (unpaired) electrons. The van der Waals surface area contributed by atoms with Crippen LogP contribution < -0.4 is 0 Å². The lowest BCUT2D eigenvalue weighted by molar-refractivity contribution is 0.0980. The first-order chi connectivity index (χ1) is 11.2. The van der Waals surface area contributed by atoms with Gasteiger partial charge in [-0.2, -0.15) is 0 Å². The number of ether oxygens (including phenoxy) is 1. The molecule has 138 valence electrons. The molecule has 0 aromatic heterocycles. The molecule has 1 amide bonds. The highest BCUT2D eigenvalue weighted by Crippen LogP contribution is 2.19. The number of rotatable bonds is 15. The van der Waals surface area contributed by atoms with Crippen LogP contribution in [0.5, 0.6) is 0 Å². The van der Waals surface area contributed by atoms with E-state index in [9.17, 15) is 4.79 Å². The molecule has 0 bridgehead atoms. The molecular formula is C20H41NO2. The molecule has 0 aliphatic rings. The fraction of sp³-hybridized carbons (Fsp3) is 0.950. The minimum Gasteiger partial charge on any atom is -0.453 e. The third kappa shape index (κ3) is 11.4.